The third kappa shape index (κ3) is 11.4. The molecule has 7 nitrogen and oxygen atoms in total. The van der Waals surface area contributed by atoms with Crippen LogP contribution in [0.25, 0.3) is 0 Å². The maximum absolute atomic E-state index is 5.87. The molecular weight excluding hydrogens is 426 g/mol. The van der Waals surface area contributed by atoms with E-state index >= 15 is 0 Å². The molecule has 8 N–H and O–H groups in total. The van der Waals surface area contributed by atoms with Crippen molar-refractivity contribution in [2.45, 2.75) is 6.42 Å². The standard InChI is InChI=1S/C15H27N4O.4ClH.2H2O/c1-18-6-9-19(2,10-7-18)8-3-11-20-15-5-4-13(16)12-14(15)17;;;;;;/h4-5,12H,3,6-11,16-17H2,1-2H3;4*1H;2*1H2/q+1;;;;;;/p-1. The lowest BCUT2D eigenvalue weighted by Gasteiger charge is -2.41. The zero-order valence-corrected chi connectivity index (χ0v) is 18.4. The van der Waals surface area contributed by atoms with E-state index in [2.05, 4.69) is 19.0 Å². The summed E-state index contributed by atoms with van der Waals surface area (Å²) in [5.74, 6) is 0.736. The van der Waals surface area contributed by atoms with Crippen molar-refractivity contribution < 1.29 is 32.6 Å². The molecule has 0 bridgehead atoms. The molecule has 0 spiro atoms. The maximum atomic E-state index is 5.87. The molecule has 1 saturated heterocycles. The number of likely N-dealkylation sites (N-methyl/N-ethyl adjacent to an activating group) is 2. The van der Waals surface area contributed by atoms with Crippen molar-refractivity contribution in [1.29, 1.82) is 0 Å². The summed E-state index contributed by atoms with van der Waals surface area (Å²) in [4.78, 5) is 2.39. The van der Waals surface area contributed by atoms with Crippen LogP contribution in [0.5, 0.6) is 5.75 Å². The summed E-state index contributed by atoms with van der Waals surface area (Å²) in [7, 11) is 4.53. The molecular formula is C15H34Cl4N4O3. The molecule has 0 aromatic heterocycles. The highest BCUT2D eigenvalue weighted by molar-refractivity contribution is 5.86. The summed E-state index contributed by atoms with van der Waals surface area (Å²) >= 11 is 0. The van der Waals surface area contributed by atoms with Crippen LogP contribution in [0.4, 0.5) is 11.4 Å². The van der Waals surface area contributed by atoms with Crippen LogP contribution < -0.4 is 28.6 Å². The summed E-state index contributed by atoms with van der Waals surface area (Å²) < 4.78 is 6.89. The largest absolute Gasteiger partial charge is 1.00 e. The predicted octanol–water partition coefficient (Wildman–Crippen LogP) is -2.37. The molecule has 0 radical (unpaired) electrons. The summed E-state index contributed by atoms with van der Waals surface area (Å²) in [6, 6.07) is 5.40. The molecule has 160 valence electrons. The van der Waals surface area contributed by atoms with Crippen LogP contribution in [-0.4, -0.2) is 73.8 Å². The number of piperazine rings is 1. The van der Waals surface area contributed by atoms with Gasteiger partial charge in [0.05, 0.1) is 39.0 Å². The minimum atomic E-state index is 0. The number of hydrogen-bond acceptors (Lipinski definition) is 4. The van der Waals surface area contributed by atoms with E-state index in [4.69, 9.17) is 16.2 Å². The van der Waals surface area contributed by atoms with Crippen molar-refractivity contribution in [2.24, 2.45) is 0 Å². The average Bonchev–Trinajstić information content (AvgIpc) is 2.41. The second kappa shape index (κ2) is 16.8. The Bertz CT molecular complexity index is 465. The molecule has 1 aromatic rings. The van der Waals surface area contributed by atoms with Gasteiger partial charge in [-0.3, -0.25) is 4.90 Å². The summed E-state index contributed by atoms with van der Waals surface area (Å²) in [5, 5.41) is 0. The number of anilines is 2. The van der Waals surface area contributed by atoms with Crippen LogP contribution in [0.3, 0.4) is 0 Å². The van der Waals surface area contributed by atoms with Gasteiger partial charge in [0.25, 0.3) is 0 Å². The highest BCUT2D eigenvalue weighted by atomic mass is 35.5. The second-order valence-electron chi connectivity index (χ2n) is 6.09. The van der Waals surface area contributed by atoms with E-state index in [-0.39, 0.29) is 60.6 Å². The van der Waals surface area contributed by atoms with Crippen LogP contribution in [-0.2, 0) is 0 Å². The van der Waals surface area contributed by atoms with Gasteiger partial charge in [-0.15, -0.1) is 37.2 Å². The fourth-order valence-electron chi connectivity index (χ4n) is 2.60. The molecule has 2 rings (SSSR count). The highest BCUT2D eigenvalue weighted by Gasteiger charge is 2.26. The molecule has 1 fully saturated rings. The first-order chi connectivity index (χ1) is 9.48. The van der Waals surface area contributed by atoms with Gasteiger partial charge in [0.1, 0.15) is 5.75 Å². The topological polar surface area (TPSA) is 128 Å². The predicted molar refractivity (Wildman–Crippen MR) is 113 cm³/mol. The summed E-state index contributed by atoms with van der Waals surface area (Å²) in [5.41, 5.74) is 12.8. The van der Waals surface area contributed by atoms with Crippen LogP contribution in [0.15, 0.2) is 18.2 Å². The van der Waals surface area contributed by atoms with Gasteiger partial charge in [-0.1, -0.05) is 0 Å². The van der Waals surface area contributed by atoms with E-state index in [1.807, 2.05) is 12.1 Å². The molecule has 1 aromatic carbocycles. The number of nitrogens with zero attached hydrogens (tertiary/aromatic N) is 2. The van der Waals surface area contributed by atoms with Gasteiger partial charge < -0.3 is 44.0 Å². The van der Waals surface area contributed by atoms with Crippen LogP contribution in [0.2, 0.25) is 0 Å². The van der Waals surface area contributed by atoms with Crippen molar-refractivity contribution in [3.8, 4) is 5.75 Å². The minimum Gasteiger partial charge on any atom is -1.00 e. The number of nitrogens with two attached hydrogens (primary N) is 2. The lowest BCUT2D eigenvalue weighted by Crippen LogP contribution is -3.00. The molecule has 0 amide bonds. The third-order valence-electron chi connectivity index (χ3n) is 4.18. The van der Waals surface area contributed by atoms with Gasteiger partial charge in [0.2, 0.25) is 0 Å². The molecule has 0 aliphatic carbocycles. The Morgan fingerprint density at radius 2 is 1.62 bits per heavy atom. The van der Waals surface area contributed by atoms with Crippen LogP contribution in [0, 0.1) is 0 Å². The normalized spacial score (nSPS) is 14.5. The first-order valence-electron chi connectivity index (χ1n) is 7.28. The van der Waals surface area contributed by atoms with E-state index in [1.54, 1.807) is 6.07 Å². The van der Waals surface area contributed by atoms with Gasteiger partial charge >= 0.3 is 0 Å². The molecule has 0 atom stereocenters. The van der Waals surface area contributed by atoms with Gasteiger partial charge in [0, 0.05) is 25.2 Å². The Kier molecular flexibility index (Phi) is 23.6. The summed E-state index contributed by atoms with van der Waals surface area (Å²) in [6.07, 6.45) is 1.05. The highest BCUT2D eigenvalue weighted by Crippen LogP contribution is 2.23. The third-order valence-corrected chi connectivity index (χ3v) is 4.18. The van der Waals surface area contributed by atoms with Gasteiger partial charge in [-0.25, -0.2) is 0 Å². The first kappa shape index (κ1) is 36.5. The van der Waals surface area contributed by atoms with Crippen molar-refractivity contribution in [1.82, 2.24) is 4.90 Å². The lowest BCUT2D eigenvalue weighted by atomic mass is 10.2. The van der Waals surface area contributed by atoms with Crippen molar-refractivity contribution in [3.05, 3.63) is 18.2 Å². The number of rotatable bonds is 5. The molecule has 11 heteroatoms. The Hall–Kier alpha value is -0.380. The Morgan fingerprint density at radius 1 is 1.08 bits per heavy atom. The summed E-state index contributed by atoms with van der Waals surface area (Å²) in [6.45, 7) is 6.67. The number of benzene rings is 1. The van der Waals surface area contributed by atoms with Gasteiger partial charge in [0.15, 0.2) is 0 Å². The van der Waals surface area contributed by atoms with E-state index in [0.717, 1.165) is 23.2 Å². The molecule has 1 aliphatic heterocycles. The molecule has 26 heavy (non-hydrogen) atoms. The van der Waals surface area contributed by atoms with E-state index < -0.39 is 0 Å². The van der Waals surface area contributed by atoms with E-state index in [9.17, 15) is 0 Å². The van der Waals surface area contributed by atoms with Gasteiger partial charge in [-0.05, 0) is 25.2 Å². The molecule has 1 heterocycles. The van der Waals surface area contributed by atoms with Gasteiger partial charge in [-0.2, -0.15) is 0 Å². The lowest BCUT2D eigenvalue weighted by molar-refractivity contribution is -0.913. The fraction of sp³-hybridized carbons (Fsp3) is 0.600. The van der Waals surface area contributed by atoms with Crippen molar-refractivity contribution >= 4 is 48.6 Å². The number of ether oxygens (including phenoxy) is 1. The van der Waals surface area contributed by atoms with Crippen molar-refractivity contribution in [3.63, 3.8) is 0 Å². The zero-order chi connectivity index (χ0) is 14.6. The second-order valence-corrected chi connectivity index (χ2v) is 6.09. The zero-order valence-electron chi connectivity index (χ0n) is 15.2. The van der Waals surface area contributed by atoms with E-state index in [1.165, 1.54) is 26.2 Å². The molecule has 0 unspecified atom stereocenters. The SMILES string of the molecule is CN1CC[N+](C)(CCCOc2ccc(N)cc2N)CC1.Cl.Cl.Cl.O.O.[Cl-]. The average molecular weight is 460 g/mol. The van der Waals surface area contributed by atoms with Crippen molar-refractivity contribution in [2.75, 3.05) is 64.9 Å². The Morgan fingerprint density at radius 3 is 2.12 bits per heavy atom. The monoisotopic (exact) mass is 458 g/mol. The minimum absolute atomic E-state index is 0. The smallest absolute Gasteiger partial charge is 0.142 e. The quantitative estimate of drug-likeness (QED) is 0.289. The Labute approximate surface area is 181 Å². The number of quaternary nitrogens is 1. The fourth-order valence-corrected chi connectivity index (χ4v) is 2.60. The van der Waals surface area contributed by atoms with E-state index in [0.29, 0.717) is 18.0 Å². The number of hydrogen-bond donors (Lipinski definition) is 2. The van der Waals surface area contributed by atoms with Crippen LogP contribution in [0.1, 0.15) is 6.42 Å². The number of nitrogen functional groups attached to an aromatic ring is 2. The molecule has 0 saturated carbocycles. The maximum Gasteiger partial charge on any atom is 0.142 e. The first-order valence-corrected chi connectivity index (χ1v) is 7.28. The Balaban J connectivity index is -0.000000245. The van der Waals surface area contributed by atoms with Crippen LogP contribution >= 0.6 is 37.2 Å². The number of halogens is 4. The molecule has 1 aliphatic rings.